The second kappa shape index (κ2) is 10.4. The van der Waals surface area contributed by atoms with Crippen LogP contribution in [-0.2, 0) is 14.3 Å². The molecule has 7 nitrogen and oxygen atoms in total. The molecule has 0 heterocycles. The number of nitrogens with zero attached hydrogens (tertiary/aromatic N) is 1. The van der Waals surface area contributed by atoms with Crippen molar-refractivity contribution in [3.8, 4) is 17.6 Å². The lowest BCUT2D eigenvalue weighted by atomic mass is 10.1. The Kier molecular flexibility index (Phi) is 7.61. The van der Waals surface area contributed by atoms with Crippen LogP contribution in [0.5, 0.6) is 11.5 Å². The summed E-state index contributed by atoms with van der Waals surface area (Å²) >= 11 is 0. The summed E-state index contributed by atoms with van der Waals surface area (Å²) in [4.78, 5) is 23.6. The summed E-state index contributed by atoms with van der Waals surface area (Å²) in [6, 6.07) is 15.3. The van der Waals surface area contributed by atoms with Crippen molar-refractivity contribution in [3.63, 3.8) is 0 Å². The first-order valence-corrected chi connectivity index (χ1v) is 8.51. The van der Waals surface area contributed by atoms with Crippen LogP contribution in [0.3, 0.4) is 0 Å². The molecule has 0 aliphatic carbocycles. The maximum atomic E-state index is 12.3. The van der Waals surface area contributed by atoms with Gasteiger partial charge in [-0.2, -0.15) is 5.26 Å². The molecule has 1 amide bonds. The van der Waals surface area contributed by atoms with Crippen LogP contribution < -0.4 is 14.8 Å². The Bertz CT molecular complexity index is 881. The topological polar surface area (TPSA) is 97.7 Å². The van der Waals surface area contributed by atoms with E-state index in [9.17, 15) is 14.9 Å². The van der Waals surface area contributed by atoms with Crippen molar-refractivity contribution in [1.82, 2.24) is 0 Å². The van der Waals surface area contributed by atoms with E-state index in [1.54, 1.807) is 62.6 Å². The number of benzene rings is 2. The summed E-state index contributed by atoms with van der Waals surface area (Å²) in [6.07, 6.45) is 1.47. The molecule has 28 heavy (non-hydrogen) atoms. The lowest BCUT2D eigenvalue weighted by Gasteiger charge is -2.07. The maximum absolute atomic E-state index is 12.3. The van der Waals surface area contributed by atoms with Crippen molar-refractivity contribution < 1.29 is 23.8 Å². The zero-order chi connectivity index (χ0) is 20.4. The third-order valence-corrected chi connectivity index (χ3v) is 3.57. The van der Waals surface area contributed by atoms with Gasteiger partial charge in [-0.3, -0.25) is 4.79 Å². The zero-order valence-corrected chi connectivity index (χ0v) is 15.6. The van der Waals surface area contributed by atoms with Crippen molar-refractivity contribution >= 4 is 23.6 Å². The van der Waals surface area contributed by atoms with Gasteiger partial charge in [0, 0.05) is 5.69 Å². The predicted molar refractivity (Wildman–Crippen MR) is 104 cm³/mol. The lowest BCUT2D eigenvalue weighted by Crippen LogP contribution is -2.14. The van der Waals surface area contributed by atoms with E-state index in [0.717, 1.165) is 0 Å². The van der Waals surface area contributed by atoms with Crippen molar-refractivity contribution in [3.05, 3.63) is 59.7 Å². The SMILES string of the molecule is CCOC(=O)COc1ccc(/C=C(/C#N)C(=O)Nc2ccc(OC)cc2)cc1. The zero-order valence-electron chi connectivity index (χ0n) is 15.6. The molecule has 144 valence electrons. The molecule has 0 unspecified atom stereocenters. The Morgan fingerprint density at radius 1 is 1.07 bits per heavy atom. The highest BCUT2D eigenvalue weighted by Gasteiger charge is 2.10. The van der Waals surface area contributed by atoms with Crippen LogP contribution in [0.15, 0.2) is 54.1 Å². The van der Waals surface area contributed by atoms with Gasteiger partial charge in [0.25, 0.3) is 5.91 Å². The Morgan fingerprint density at radius 3 is 2.29 bits per heavy atom. The summed E-state index contributed by atoms with van der Waals surface area (Å²) in [6.45, 7) is 1.83. The number of ether oxygens (including phenoxy) is 3. The quantitative estimate of drug-likeness (QED) is 0.429. The number of esters is 1. The van der Waals surface area contributed by atoms with Gasteiger partial charge in [-0.15, -0.1) is 0 Å². The smallest absolute Gasteiger partial charge is 0.344 e. The van der Waals surface area contributed by atoms with Crippen LogP contribution in [0.4, 0.5) is 5.69 Å². The molecular weight excluding hydrogens is 360 g/mol. The molecule has 0 saturated carbocycles. The van der Waals surface area contributed by atoms with E-state index in [2.05, 4.69) is 5.32 Å². The number of carbonyl (C=O) groups is 2. The first kappa shape index (κ1) is 20.5. The Labute approximate surface area is 163 Å². The van der Waals surface area contributed by atoms with Gasteiger partial charge in [0.15, 0.2) is 6.61 Å². The number of nitriles is 1. The Morgan fingerprint density at radius 2 is 1.71 bits per heavy atom. The van der Waals surface area contributed by atoms with Crippen LogP contribution in [0.1, 0.15) is 12.5 Å². The Hall–Kier alpha value is -3.79. The van der Waals surface area contributed by atoms with Crippen molar-refractivity contribution in [2.24, 2.45) is 0 Å². The fourth-order valence-corrected chi connectivity index (χ4v) is 2.19. The minimum atomic E-state index is -0.518. The molecule has 0 radical (unpaired) electrons. The van der Waals surface area contributed by atoms with Crippen molar-refractivity contribution in [1.29, 1.82) is 5.26 Å². The molecule has 0 spiro atoms. The summed E-state index contributed by atoms with van der Waals surface area (Å²) in [5, 5.41) is 12.0. The molecular formula is C21H20N2O5. The molecule has 0 aliphatic heterocycles. The third kappa shape index (κ3) is 6.18. The average Bonchev–Trinajstić information content (AvgIpc) is 2.72. The number of hydrogen-bond donors (Lipinski definition) is 1. The average molecular weight is 380 g/mol. The fourth-order valence-electron chi connectivity index (χ4n) is 2.19. The van der Waals surface area contributed by atoms with Gasteiger partial charge in [-0.05, 0) is 55.0 Å². The van der Waals surface area contributed by atoms with Gasteiger partial charge in [0.2, 0.25) is 0 Å². The number of methoxy groups -OCH3 is 1. The van der Waals surface area contributed by atoms with Gasteiger partial charge in [0.1, 0.15) is 23.1 Å². The molecule has 1 N–H and O–H groups in total. The Balaban J connectivity index is 2.01. The van der Waals surface area contributed by atoms with E-state index in [-0.39, 0.29) is 12.2 Å². The standard InChI is InChI=1S/C21H20N2O5/c1-3-27-20(24)14-28-19-8-4-15(5-9-19)12-16(13-22)21(25)23-17-6-10-18(26-2)11-7-17/h4-12H,3,14H2,1-2H3,(H,23,25)/b16-12-. The molecule has 0 saturated heterocycles. The summed E-state index contributed by atoms with van der Waals surface area (Å²) in [5.41, 5.74) is 1.15. The monoisotopic (exact) mass is 380 g/mol. The lowest BCUT2D eigenvalue weighted by molar-refractivity contribution is -0.145. The minimum Gasteiger partial charge on any atom is -0.497 e. The van der Waals surface area contributed by atoms with Crippen LogP contribution in [-0.4, -0.2) is 32.2 Å². The van der Waals surface area contributed by atoms with Crippen LogP contribution in [0.2, 0.25) is 0 Å². The van der Waals surface area contributed by atoms with E-state index < -0.39 is 11.9 Å². The van der Waals surface area contributed by atoms with E-state index >= 15 is 0 Å². The highest BCUT2D eigenvalue weighted by molar-refractivity contribution is 6.09. The van der Waals surface area contributed by atoms with Gasteiger partial charge in [0.05, 0.1) is 13.7 Å². The molecule has 2 aromatic carbocycles. The number of carbonyl (C=O) groups excluding carboxylic acids is 2. The summed E-state index contributed by atoms with van der Waals surface area (Å²) < 4.78 is 15.1. The van der Waals surface area contributed by atoms with E-state index in [0.29, 0.717) is 29.4 Å². The molecule has 2 aromatic rings. The molecule has 0 fully saturated rings. The molecule has 0 aromatic heterocycles. The van der Waals surface area contributed by atoms with Crippen molar-refractivity contribution in [2.75, 3.05) is 25.6 Å². The number of hydrogen-bond acceptors (Lipinski definition) is 6. The summed E-state index contributed by atoms with van der Waals surface area (Å²) in [5.74, 6) is 0.175. The van der Waals surface area contributed by atoms with Gasteiger partial charge in [-0.25, -0.2) is 4.79 Å². The second-order valence-electron chi connectivity index (χ2n) is 5.52. The number of amides is 1. The maximum Gasteiger partial charge on any atom is 0.344 e. The number of nitrogens with one attached hydrogen (secondary N) is 1. The van der Waals surface area contributed by atoms with Crippen LogP contribution in [0, 0.1) is 11.3 Å². The van der Waals surface area contributed by atoms with Crippen LogP contribution >= 0.6 is 0 Å². The van der Waals surface area contributed by atoms with Crippen molar-refractivity contribution in [2.45, 2.75) is 6.92 Å². The number of anilines is 1. The van der Waals surface area contributed by atoms with Gasteiger partial charge >= 0.3 is 5.97 Å². The normalized spacial score (nSPS) is 10.5. The first-order valence-electron chi connectivity index (χ1n) is 8.51. The first-order chi connectivity index (χ1) is 13.5. The van der Waals surface area contributed by atoms with E-state index in [1.165, 1.54) is 6.08 Å². The molecule has 0 bridgehead atoms. The number of rotatable bonds is 8. The van der Waals surface area contributed by atoms with Gasteiger partial charge < -0.3 is 19.5 Å². The second-order valence-corrected chi connectivity index (χ2v) is 5.52. The van der Waals surface area contributed by atoms with E-state index in [1.807, 2.05) is 6.07 Å². The highest BCUT2D eigenvalue weighted by atomic mass is 16.6. The highest BCUT2D eigenvalue weighted by Crippen LogP contribution is 2.17. The van der Waals surface area contributed by atoms with Crippen LogP contribution in [0.25, 0.3) is 6.08 Å². The molecule has 7 heteroatoms. The molecule has 0 aliphatic rings. The third-order valence-electron chi connectivity index (χ3n) is 3.57. The fraction of sp³-hybridized carbons (Fsp3) is 0.190. The van der Waals surface area contributed by atoms with Gasteiger partial charge in [-0.1, -0.05) is 12.1 Å². The van der Waals surface area contributed by atoms with E-state index in [4.69, 9.17) is 14.2 Å². The summed E-state index contributed by atoms with van der Waals surface area (Å²) in [7, 11) is 1.55. The molecule has 2 rings (SSSR count). The largest absolute Gasteiger partial charge is 0.497 e. The minimum absolute atomic E-state index is 0.0454. The molecule has 0 atom stereocenters. The predicted octanol–water partition coefficient (Wildman–Crippen LogP) is 3.18.